The van der Waals surface area contributed by atoms with E-state index in [1.54, 1.807) is 29.9 Å². The minimum Gasteiger partial charge on any atom is -0.497 e. The zero-order valence-electron chi connectivity index (χ0n) is 15.2. The van der Waals surface area contributed by atoms with Gasteiger partial charge < -0.3 is 10.1 Å². The lowest BCUT2D eigenvalue weighted by Crippen LogP contribution is -2.46. The number of methoxy groups -OCH3 is 1. The number of benzene rings is 1. The Kier molecular flexibility index (Phi) is 4.37. The number of nitrogens with zero attached hydrogens (tertiary/aromatic N) is 2. The van der Waals surface area contributed by atoms with Gasteiger partial charge in [0.2, 0.25) is 5.91 Å². The fourth-order valence-electron chi connectivity index (χ4n) is 3.18. The van der Waals surface area contributed by atoms with E-state index in [0.29, 0.717) is 28.2 Å². The van der Waals surface area contributed by atoms with Crippen molar-refractivity contribution in [3.8, 4) is 5.75 Å². The van der Waals surface area contributed by atoms with Gasteiger partial charge in [-0.15, -0.1) is 0 Å². The van der Waals surface area contributed by atoms with Crippen molar-refractivity contribution in [1.29, 1.82) is 0 Å². The van der Waals surface area contributed by atoms with Gasteiger partial charge in [-0.25, -0.2) is 4.98 Å². The van der Waals surface area contributed by atoms with Crippen LogP contribution in [0.15, 0.2) is 28.6 Å². The quantitative estimate of drug-likeness (QED) is 0.932. The first-order chi connectivity index (χ1) is 11.9. The van der Waals surface area contributed by atoms with E-state index in [9.17, 15) is 9.59 Å². The van der Waals surface area contributed by atoms with Crippen LogP contribution in [0.2, 0.25) is 0 Å². The maximum Gasteiger partial charge on any atom is 0.262 e. The van der Waals surface area contributed by atoms with Crippen molar-refractivity contribution in [3.05, 3.63) is 40.0 Å². The van der Waals surface area contributed by atoms with Crippen LogP contribution in [0, 0.1) is 5.92 Å². The average molecular weight is 341 g/mol. The SMILES string of the molecule is CC/C(C)=C1\NC(=O)[C@H](C(C)C)n2c1nc1ccc(OC)cc1c2=O. The van der Waals surface area contributed by atoms with E-state index in [-0.39, 0.29) is 17.4 Å². The summed E-state index contributed by atoms with van der Waals surface area (Å²) in [5.41, 5.74) is 2.01. The first-order valence-electron chi connectivity index (χ1n) is 8.50. The maximum atomic E-state index is 13.2. The van der Waals surface area contributed by atoms with Crippen molar-refractivity contribution >= 4 is 22.5 Å². The monoisotopic (exact) mass is 341 g/mol. The lowest BCUT2D eigenvalue weighted by atomic mass is 9.98. The summed E-state index contributed by atoms with van der Waals surface area (Å²) in [5, 5.41) is 3.42. The van der Waals surface area contributed by atoms with Gasteiger partial charge in [0.1, 0.15) is 11.8 Å². The molecule has 0 spiro atoms. The highest BCUT2D eigenvalue weighted by Gasteiger charge is 2.35. The molecule has 3 rings (SSSR count). The number of rotatable bonds is 3. The Hall–Kier alpha value is -2.63. The molecule has 0 aliphatic carbocycles. The van der Waals surface area contributed by atoms with E-state index in [1.807, 2.05) is 27.7 Å². The molecule has 0 fully saturated rings. The first-order valence-corrected chi connectivity index (χ1v) is 8.50. The second-order valence-corrected chi connectivity index (χ2v) is 6.68. The molecule has 1 aliphatic rings. The fourth-order valence-corrected chi connectivity index (χ4v) is 3.18. The number of carbonyl (C=O) groups excluding carboxylic acids is 1. The number of hydrogen-bond acceptors (Lipinski definition) is 4. The molecule has 25 heavy (non-hydrogen) atoms. The number of fused-ring (bicyclic) bond motifs is 2. The van der Waals surface area contributed by atoms with Crippen LogP contribution in [0.25, 0.3) is 16.6 Å². The van der Waals surface area contributed by atoms with Crippen LogP contribution in [0.3, 0.4) is 0 Å². The van der Waals surface area contributed by atoms with Gasteiger partial charge in [0, 0.05) is 0 Å². The molecule has 0 bridgehead atoms. The lowest BCUT2D eigenvalue weighted by Gasteiger charge is -2.32. The van der Waals surface area contributed by atoms with Crippen LogP contribution in [0.5, 0.6) is 5.75 Å². The lowest BCUT2D eigenvalue weighted by molar-refractivity contribution is -0.125. The summed E-state index contributed by atoms with van der Waals surface area (Å²) in [5.74, 6) is 0.912. The molecule has 6 heteroatoms. The molecule has 1 aliphatic heterocycles. The van der Waals surface area contributed by atoms with Crippen LogP contribution in [-0.2, 0) is 4.79 Å². The van der Waals surface area contributed by atoms with E-state index in [0.717, 1.165) is 12.0 Å². The minimum atomic E-state index is -0.584. The Morgan fingerprint density at radius 3 is 2.68 bits per heavy atom. The van der Waals surface area contributed by atoms with E-state index in [1.165, 1.54) is 0 Å². The summed E-state index contributed by atoms with van der Waals surface area (Å²) in [6, 6.07) is 4.65. The molecule has 0 saturated heterocycles. The normalized spacial score (nSPS) is 19.0. The summed E-state index contributed by atoms with van der Waals surface area (Å²) in [4.78, 5) is 30.6. The zero-order valence-corrected chi connectivity index (χ0v) is 15.2. The van der Waals surface area contributed by atoms with E-state index in [2.05, 4.69) is 5.32 Å². The molecule has 0 radical (unpaired) electrons. The smallest absolute Gasteiger partial charge is 0.262 e. The second kappa shape index (κ2) is 6.35. The molecule has 0 unspecified atom stereocenters. The molecular formula is C19H23N3O3. The number of nitrogens with one attached hydrogen (secondary N) is 1. The van der Waals surface area contributed by atoms with Gasteiger partial charge in [0.05, 0.1) is 23.7 Å². The zero-order chi connectivity index (χ0) is 18.3. The van der Waals surface area contributed by atoms with Crippen LogP contribution < -0.4 is 15.6 Å². The van der Waals surface area contributed by atoms with Gasteiger partial charge in [-0.05, 0) is 43.0 Å². The highest BCUT2D eigenvalue weighted by atomic mass is 16.5. The molecule has 2 aromatic rings. The third-order valence-corrected chi connectivity index (χ3v) is 4.71. The largest absolute Gasteiger partial charge is 0.497 e. The van der Waals surface area contributed by atoms with Gasteiger partial charge in [0.25, 0.3) is 5.56 Å². The van der Waals surface area contributed by atoms with Crippen molar-refractivity contribution in [2.75, 3.05) is 7.11 Å². The summed E-state index contributed by atoms with van der Waals surface area (Å²) in [7, 11) is 1.56. The van der Waals surface area contributed by atoms with Crippen molar-refractivity contribution < 1.29 is 9.53 Å². The standard InChI is InChI=1S/C19H23N3O3/c1-6-11(4)15-17-20-14-8-7-12(25-5)9-13(14)19(24)22(17)16(10(2)3)18(23)21-15/h7-10,16H,6H2,1-5H3,(H,21,23)/b15-11-/t16-/m0/s1. The van der Waals surface area contributed by atoms with E-state index >= 15 is 0 Å². The molecule has 1 N–H and O–H groups in total. The van der Waals surface area contributed by atoms with Crippen LogP contribution in [-0.4, -0.2) is 22.6 Å². The maximum absolute atomic E-state index is 13.2. The molecule has 6 nitrogen and oxygen atoms in total. The Balaban J connectivity index is 2.43. The van der Waals surface area contributed by atoms with Gasteiger partial charge in [0.15, 0.2) is 5.82 Å². The number of allylic oxidation sites excluding steroid dienone is 1. The van der Waals surface area contributed by atoms with Crippen molar-refractivity contribution in [2.24, 2.45) is 5.92 Å². The summed E-state index contributed by atoms with van der Waals surface area (Å²) in [6.45, 7) is 7.81. The number of aromatic nitrogens is 2. The molecule has 1 aromatic heterocycles. The molecule has 1 amide bonds. The third kappa shape index (κ3) is 2.71. The summed E-state index contributed by atoms with van der Waals surface area (Å²) in [6.07, 6.45) is 0.762. The highest BCUT2D eigenvalue weighted by molar-refractivity contribution is 5.93. The van der Waals surface area contributed by atoms with Crippen molar-refractivity contribution in [1.82, 2.24) is 14.9 Å². The topological polar surface area (TPSA) is 73.2 Å². The van der Waals surface area contributed by atoms with Gasteiger partial charge in [-0.2, -0.15) is 0 Å². The number of amides is 1. The van der Waals surface area contributed by atoms with Crippen molar-refractivity contribution in [3.63, 3.8) is 0 Å². The van der Waals surface area contributed by atoms with Crippen LogP contribution >= 0.6 is 0 Å². The fraction of sp³-hybridized carbons (Fsp3) is 0.421. The Bertz CT molecular complexity index is 941. The second-order valence-electron chi connectivity index (χ2n) is 6.68. The molecule has 1 atom stereocenters. The minimum absolute atomic E-state index is 0.0372. The number of hydrogen-bond donors (Lipinski definition) is 1. The number of carbonyl (C=O) groups is 1. The third-order valence-electron chi connectivity index (χ3n) is 4.71. The molecule has 132 valence electrons. The first kappa shape index (κ1) is 17.2. The predicted octanol–water partition coefficient (Wildman–Crippen LogP) is 2.87. The Morgan fingerprint density at radius 1 is 1.36 bits per heavy atom. The molecular weight excluding hydrogens is 318 g/mol. The van der Waals surface area contributed by atoms with Crippen molar-refractivity contribution in [2.45, 2.75) is 40.2 Å². The van der Waals surface area contributed by atoms with Crippen LogP contribution in [0.4, 0.5) is 0 Å². The Labute approximate surface area is 146 Å². The van der Waals surface area contributed by atoms with Gasteiger partial charge in [-0.3, -0.25) is 14.2 Å². The molecule has 2 heterocycles. The van der Waals surface area contributed by atoms with E-state index < -0.39 is 6.04 Å². The number of ether oxygens (including phenoxy) is 1. The van der Waals surface area contributed by atoms with Crippen LogP contribution in [0.1, 0.15) is 46.0 Å². The Morgan fingerprint density at radius 2 is 2.08 bits per heavy atom. The highest BCUT2D eigenvalue weighted by Crippen LogP contribution is 2.30. The van der Waals surface area contributed by atoms with Gasteiger partial charge in [-0.1, -0.05) is 20.8 Å². The summed E-state index contributed by atoms with van der Waals surface area (Å²) >= 11 is 0. The van der Waals surface area contributed by atoms with E-state index in [4.69, 9.17) is 9.72 Å². The predicted molar refractivity (Wildman–Crippen MR) is 97.5 cm³/mol. The molecule has 0 saturated carbocycles. The van der Waals surface area contributed by atoms with Gasteiger partial charge >= 0.3 is 0 Å². The molecule has 1 aromatic carbocycles. The average Bonchev–Trinajstić information content (AvgIpc) is 2.60. The summed E-state index contributed by atoms with van der Waals surface area (Å²) < 4.78 is 6.77.